The van der Waals surface area contributed by atoms with Gasteiger partial charge in [-0.3, -0.25) is 4.79 Å². The highest BCUT2D eigenvalue weighted by molar-refractivity contribution is 7.90. The number of carbonyl (C=O) groups is 1. The van der Waals surface area contributed by atoms with Crippen molar-refractivity contribution in [3.8, 4) is 0 Å². The zero-order valence-corrected chi connectivity index (χ0v) is 12.7. The summed E-state index contributed by atoms with van der Waals surface area (Å²) in [5, 5.41) is 3.21. The highest BCUT2D eigenvalue weighted by atomic mass is 32.2. The predicted molar refractivity (Wildman–Crippen MR) is 78.2 cm³/mol. The summed E-state index contributed by atoms with van der Waals surface area (Å²) in [7, 11) is -3.82. The van der Waals surface area contributed by atoms with Crippen LogP contribution in [0.15, 0.2) is 35.2 Å². The van der Waals surface area contributed by atoms with E-state index in [0.29, 0.717) is 6.61 Å². The van der Waals surface area contributed by atoms with Crippen molar-refractivity contribution in [1.29, 1.82) is 0 Å². The predicted octanol–water partition coefficient (Wildman–Crippen LogP) is 0.506. The van der Waals surface area contributed by atoms with Crippen LogP contribution in [0.3, 0.4) is 0 Å². The maximum Gasteiger partial charge on any atom is 0.264 e. The number of rotatable bonds is 6. The molecule has 0 aliphatic carbocycles. The number of benzene rings is 1. The third-order valence-electron chi connectivity index (χ3n) is 3.36. The summed E-state index contributed by atoms with van der Waals surface area (Å²) in [6.07, 6.45) is 0.938. The summed E-state index contributed by atoms with van der Waals surface area (Å²) in [4.78, 5) is 12.3. The highest BCUT2D eigenvalue weighted by Gasteiger charge is 2.35. The molecule has 0 saturated carbocycles. The van der Waals surface area contributed by atoms with Gasteiger partial charge in [-0.05, 0) is 25.1 Å². The third kappa shape index (κ3) is 4.03. The molecule has 0 radical (unpaired) electrons. The number of nitrogens with one attached hydrogen (secondary N) is 2. The molecule has 6 nitrogen and oxygen atoms in total. The van der Waals surface area contributed by atoms with Crippen molar-refractivity contribution >= 4 is 15.9 Å². The summed E-state index contributed by atoms with van der Waals surface area (Å²) >= 11 is 0. The molecule has 1 fully saturated rings. The Morgan fingerprint density at radius 3 is 2.67 bits per heavy atom. The van der Waals surface area contributed by atoms with Crippen molar-refractivity contribution in [3.05, 3.63) is 30.3 Å². The molecule has 1 aliphatic rings. The van der Waals surface area contributed by atoms with Gasteiger partial charge in [-0.2, -0.15) is 0 Å². The second-order valence-corrected chi connectivity index (χ2v) is 6.67. The van der Waals surface area contributed by atoms with E-state index in [4.69, 9.17) is 4.74 Å². The molecule has 2 unspecified atom stereocenters. The van der Waals surface area contributed by atoms with E-state index < -0.39 is 21.8 Å². The van der Waals surface area contributed by atoms with Gasteiger partial charge < -0.3 is 10.1 Å². The van der Waals surface area contributed by atoms with Gasteiger partial charge in [0, 0.05) is 6.04 Å². The number of ether oxygens (including phenoxy) is 1. The molecule has 1 aliphatic heterocycles. The van der Waals surface area contributed by atoms with Crippen LogP contribution in [0.2, 0.25) is 0 Å². The van der Waals surface area contributed by atoms with Gasteiger partial charge in [0.05, 0.1) is 24.0 Å². The first kappa shape index (κ1) is 15.9. The van der Waals surface area contributed by atoms with Crippen LogP contribution in [0, 0.1) is 5.92 Å². The van der Waals surface area contributed by atoms with Crippen LogP contribution in [0.4, 0.5) is 0 Å². The first-order valence-electron chi connectivity index (χ1n) is 6.97. The monoisotopic (exact) mass is 312 g/mol. The molecule has 2 atom stereocenters. The summed E-state index contributed by atoms with van der Waals surface area (Å²) in [5.41, 5.74) is 0. The average Bonchev–Trinajstić information content (AvgIpc) is 2.94. The van der Waals surface area contributed by atoms with Gasteiger partial charge in [0.25, 0.3) is 10.0 Å². The first-order chi connectivity index (χ1) is 10.0. The van der Waals surface area contributed by atoms with E-state index in [1.165, 1.54) is 12.1 Å². The minimum atomic E-state index is -3.82. The zero-order valence-electron chi connectivity index (χ0n) is 11.9. The molecule has 21 heavy (non-hydrogen) atoms. The lowest BCUT2D eigenvalue weighted by atomic mass is 10.0. The van der Waals surface area contributed by atoms with Gasteiger partial charge in [0.15, 0.2) is 0 Å². The minimum absolute atomic E-state index is 0.0790. The maximum absolute atomic E-state index is 12.2. The zero-order chi connectivity index (χ0) is 15.3. The summed E-state index contributed by atoms with van der Waals surface area (Å²) in [5.74, 6) is -1.01. The van der Waals surface area contributed by atoms with Gasteiger partial charge >= 0.3 is 0 Å². The van der Waals surface area contributed by atoms with E-state index in [1.807, 2.05) is 6.92 Å². The van der Waals surface area contributed by atoms with Crippen molar-refractivity contribution < 1.29 is 17.9 Å². The van der Waals surface area contributed by atoms with E-state index in [-0.39, 0.29) is 17.5 Å². The summed E-state index contributed by atoms with van der Waals surface area (Å²) in [6.45, 7) is 3.45. The van der Waals surface area contributed by atoms with E-state index >= 15 is 0 Å². The van der Waals surface area contributed by atoms with Crippen molar-refractivity contribution in [3.63, 3.8) is 0 Å². The van der Waals surface area contributed by atoms with Crippen LogP contribution in [0.5, 0.6) is 0 Å². The maximum atomic E-state index is 12.2. The van der Waals surface area contributed by atoms with Gasteiger partial charge in [0.1, 0.15) is 0 Å². The van der Waals surface area contributed by atoms with E-state index in [9.17, 15) is 13.2 Å². The van der Waals surface area contributed by atoms with Crippen LogP contribution in [0.25, 0.3) is 0 Å². The topological polar surface area (TPSA) is 84.5 Å². The Balaban J connectivity index is 2.04. The second kappa shape index (κ2) is 7.02. The van der Waals surface area contributed by atoms with Crippen LogP contribution < -0.4 is 10.0 Å². The Bertz CT molecular complexity index is 574. The molecular formula is C14H20N2O4S. The molecule has 0 bridgehead atoms. The molecule has 1 aromatic carbocycles. The Morgan fingerprint density at radius 1 is 1.29 bits per heavy atom. The van der Waals surface area contributed by atoms with Gasteiger partial charge in [-0.15, -0.1) is 0 Å². The number of hydrogen-bond acceptors (Lipinski definition) is 5. The molecule has 2 rings (SSSR count). The Labute approximate surface area is 124 Å². The van der Waals surface area contributed by atoms with Gasteiger partial charge in [-0.1, -0.05) is 25.1 Å². The molecule has 1 amide bonds. The lowest BCUT2D eigenvalue weighted by Gasteiger charge is -2.18. The van der Waals surface area contributed by atoms with Gasteiger partial charge in [0.2, 0.25) is 5.91 Å². The van der Waals surface area contributed by atoms with E-state index in [2.05, 4.69) is 10.0 Å². The summed E-state index contributed by atoms with van der Waals surface area (Å²) in [6, 6.07) is 7.71. The Hall–Kier alpha value is -1.44. The lowest BCUT2D eigenvalue weighted by molar-refractivity contribution is -0.123. The Morgan fingerprint density at radius 2 is 2.00 bits per heavy atom. The molecule has 0 aromatic heterocycles. The first-order valence-corrected chi connectivity index (χ1v) is 8.45. The Kier molecular flexibility index (Phi) is 5.33. The SMILES string of the molecule is CCCNC1COCC1C(=O)NS(=O)(=O)c1ccccc1. The molecule has 1 heterocycles. The number of carbonyl (C=O) groups excluding carboxylic acids is 1. The van der Waals surface area contributed by atoms with Crippen LogP contribution >= 0.6 is 0 Å². The highest BCUT2D eigenvalue weighted by Crippen LogP contribution is 2.16. The normalized spacial score (nSPS) is 22.1. The number of sulfonamides is 1. The van der Waals surface area contributed by atoms with Crippen LogP contribution in [-0.2, 0) is 19.6 Å². The van der Waals surface area contributed by atoms with Crippen molar-refractivity contribution in [2.24, 2.45) is 5.92 Å². The van der Waals surface area contributed by atoms with Crippen molar-refractivity contribution in [1.82, 2.24) is 10.0 Å². The molecule has 1 saturated heterocycles. The standard InChI is InChI=1S/C14H20N2O4S/c1-2-8-15-13-10-20-9-12(13)14(17)16-21(18,19)11-6-4-3-5-7-11/h3-7,12-13,15H,2,8-10H2,1H3,(H,16,17). The van der Waals surface area contributed by atoms with Crippen molar-refractivity contribution in [2.75, 3.05) is 19.8 Å². The molecule has 0 spiro atoms. The fourth-order valence-corrected chi connectivity index (χ4v) is 3.26. The fraction of sp³-hybridized carbons (Fsp3) is 0.500. The third-order valence-corrected chi connectivity index (χ3v) is 4.72. The number of amides is 1. The van der Waals surface area contributed by atoms with Crippen molar-refractivity contribution in [2.45, 2.75) is 24.3 Å². The largest absolute Gasteiger partial charge is 0.379 e. The molecule has 1 aromatic rings. The van der Waals surface area contributed by atoms with Gasteiger partial charge in [-0.25, -0.2) is 13.1 Å². The molecule has 2 N–H and O–H groups in total. The fourth-order valence-electron chi connectivity index (χ4n) is 2.21. The van der Waals surface area contributed by atoms with Crippen LogP contribution in [0.1, 0.15) is 13.3 Å². The van der Waals surface area contributed by atoms with E-state index in [0.717, 1.165) is 13.0 Å². The quantitative estimate of drug-likeness (QED) is 0.799. The minimum Gasteiger partial charge on any atom is -0.379 e. The molecular weight excluding hydrogens is 292 g/mol. The number of hydrogen-bond donors (Lipinski definition) is 2. The average molecular weight is 312 g/mol. The van der Waals surface area contributed by atoms with E-state index in [1.54, 1.807) is 18.2 Å². The smallest absolute Gasteiger partial charge is 0.264 e. The second-order valence-electron chi connectivity index (χ2n) is 4.99. The lowest BCUT2D eigenvalue weighted by Crippen LogP contribution is -2.45. The molecule has 116 valence electrons. The summed E-state index contributed by atoms with van der Waals surface area (Å²) < 4.78 is 31.7. The van der Waals surface area contributed by atoms with Crippen LogP contribution in [-0.4, -0.2) is 40.1 Å². The molecule has 7 heteroatoms.